The fraction of sp³-hybridized carbons (Fsp3) is 0.917. The average Bonchev–Trinajstić information content (AvgIpc) is 2.64. The second kappa shape index (κ2) is 18.0. The first kappa shape index (κ1) is 26.9. The van der Waals surface area contributed by atoms with Crippen molar-refractivity contribution in [3.8, 4) is 0 Å². The molecule has 0 aromatic rings. The molecule has 0 bridgehead atoms. The van der Waals surface area contributed by atoms with Gasteiger partial charge in [0, 0.05) is 12.8 Å². The summed E-state index contributed by atoms with van der Waals surface area (Å²) in [5.74, 6) is 0.454. The molecule has 4 heteroatoms. The molecule has 2 unspecified atom stereocenters. The third-order valence-corrected chi connectivity index (χ3v) is 5.52. The van der Waals surface area contributed by atoms with E-state index in [0.717, 1.165) is 31.6 Å². The second-order valence-corrected chi connectivity index (χ2v) is 8.75. The first-order valence-electron chi connectivity index (χ1n) is 11.8. The Morgan fingerprint density at radius 3 is 2.04 bits per heavy atom. The first-order chi connectivity index (χ1) is 13.4. The number of ether oxygens (including phenoxy) is 1. The molecule has 0 rings (SSSR count). The van der Waals surface area contributed by atoms with Crippen LogP contribution < -0.4 is 0 Å². The number of carboxylic acids is 1. The van der Waals surface area contributed by atoms with Gasteiger partial charge in [0.1, 0.15) is 6.10 Å². The number of aliphatic carboxylic acids is 1. The number of carbonyl (C=O) groups is 2. The molecule has 0 fully saturated rings. The first-order valence-corrected chi connectivity index (χ1v) is 11.8. The molecular formula is C24H46O4. The normalized spacial score (nSPS) is 13.5. The highest BCUT2D eigenvalue weighted by Gasteiger charge is 2.19. The minimum Gasteiger partial charge on any atom is -0.481 e. The molecule has 0 aromatic carbocycles. The summed E-state index contributed by atoms with van der Waals surface area (Å²) in [4.78, 5) is 22.8. The Morgan fingerprint density at radius 1 is 0.821 bits per heavy atom. The van der Waals surface area contributed by atoms with Gasteiger partial charge in [-0.05, 0) is 43.9 Å². The van der Waals surface area contributed by atoms with Crippen molar-refractivity contribution in [2.45, 2.75) is 130 Å². The number of unbranched alkanes of at least 4 members (excludes halogenated alkanes) is 5. The van der Waals surface area contributed by atoms with Gasteiger partial charge >= 0.3 is 11.9 Å². The summed E-state index contributed by atoms with van der Waals surface area (Å²) in [5.41, 5.74) is 0. The molecule has 0 amide bonds. The van der Waals surface area contributed by atoms with Crippen molar-refractivity contribution in [1.82, 2.24) is 0 Å². The number of carboxylic acid groups (broad SMARTS) is 1. The van der Waals surface area contributed by atoms with E-state index in [1.54, 1.807) is 0 Å². The predicted octanol–water partition coefficient (Wildman–Crippen LogP) is 7.15. The Bertz CT molecular complexity index is 392. The molecule has 0 saturated heterocycles. The van der Waals surface area contributed by atoms with E-state index in [1.165, 1.54) is 44.9 Å². The molecule has 0 aliphatic heterocycles. The molecule has 2 atom stereocenters. The van der Waals surface area contributed by atoms with Gasteiger partial charge in [-0.25, -0.2) is 0 Å². The number of carbonyl (C=O) groups excluding carboxylic acids is 1. The number of hydrogen-bond donors (Lipinski definition) is 1. The van der Waals surface area contributed by atoms with Crippen molar-refractivity contribution in [2.24, 2.45) is 11.8 Å². The summed E-state index contributed by atoms with van der Waals surface area (Å²) >= 11 is 0. The second-order valence-electron chi connectivity index (χ2n) is 8.75. The third kappa shape index (κ3) is 17.1. The lowest BCUT2D eigenvalue weighted by Crippen LogP contribution is -2.22. The molecule has 0 spiro atoms. The van der Waals surface area contributed by atoms with E-state index in [2.05, 4.69) is 27.7 Å². The maximum atomic E-state index is 12.2. The van der Waals surface area contributed by atoms with E-state index >= 15 is 0 Å². The lowest BCUT2D eigenvalue weighted by atomic mass is 9.91. The van der Waals surface area contributed by atoms with Crippen LogP contribution in [-0.2, 0) is 14.3 Å². The number of hydrogen-bond acceptors (Lipinski definition) is 3. The van der Waals surface area contributed by atoms with Crippen molar-refractivity contribution < 1.29 is 19.4 Å². The molecule has 0 radical (unpaired) electrons. The van der Waals surface area contributed by atoms with Crippen LogP contribution in [0.2, 0.25) is 0 Å². The minimum atomic E-state index is -0.801. The van der Waals surface area contributed by atoms with Crippen LogP contribution in [0.1, 0.15) is 124 Å². The lowest BCUT2D eigenvalue weighted by molar-refractivity contribution is -0.150. The Labute approximate surface area is 173 Å². The summed E-state index contributed by atoms with van der Waals surface area (Å²) in [6.45, 7) is 9.00. The summed E-state index contributed by atoms with van der Waals surface area (Å²) < 4.78 is 5.83. The Morgan fingerprint density at radius 2 is 1.46 bits per heavy atom. The molecule has 0 aliphatic carbocycles. The molecule has 166 valence electrons. The van der Waals surface area contributed by atoms with Crippen molar-refractivity contribution in [3.63, 3.8) is 0 Å². The maximum absolute atomic E-state index is 12.2. The van der Waals surface area contributed by atoms with Gasteiger partial charge < -0.3 is 9.84 Å². The van der Waals surface area contributed by atoms with Gasteiger partial charge in [0.15, 0.2) is 0 Å². The van der Waals surface area contributed by atoms with E-state index in [0.29, 0.717) is 25.2 Å². The van der Waals surface area contributed by atoms with E-state index in [4.69, 9.17) is 9.84 Å². The summed E-state index contributed by atoms with van der Waals surface area (Å²) in [6.07, 6.45) is 14.6. The molecule has 0 heterocycles. The topological polar surface area (TPSA) is 63.6 Å². The molecular weight excluding hydrogens is 352 g/mol. The van der Waals surface area contributed by atoms with Gasteiger partial charge in [0.05, 0.1) is 0 Å². The van der Waals surface area contributed by atoms with Gasteiger partial charge in [-0.1, -0.05) is 79.1 Å². The summed E-state index contributed by atoms with van der Waals surface area (Å²) in [6, 6.07) is 0. The monoisotopic (exact) mass is 398 g/mol. The van der Waals surface area contributed by atoms with E-state index in [1.807, 2.05) is 0 Å². The summed E-state index contributed by atoms with van der Waals surface area (Å²) in [7, 11) is 0. The van der Waals surface area contributed by atoms with Gasteiger partial charge in [-0.3, -0.25) is 9.59 Å². The maximum Gasteiger partial charge on any atom is 0.306 e. The van der Waals surface area contributed by atoms with E-state index < -0.39 is 5.97 Å². The standard InChI is InChI=1S/C24H46O4/c1-5-7-15-21(6-2)19-22(16-11-9-8-10-14-20(3)4)28-24(27)18-13-12-17-23(25)26/h20-22H,5-19H2,1-4H3,(H,25,26). The fourth-order valence-electron chi connectivity index (χ4n) is 3.65. The van der Waals surface area contributed by atoms with Gasteiger partial charge in [-0.15, -0.1) is 0 Å². The van der Waals surface area contributed by atoms with E-state index in [9.17, 15) is 9.59 Å². The van der Waals surface area contributed by atoms with Crippen molar-refractivity contribution in [3.05, 3.63) is 0 Å². The van der Waals surface area contributed by atoms with Crippen LogP contribution in [0.3, 0.4) is 0 Å². The van der Waals surface area contributed by atoms with Crippen LogP contribution in [0.5, 0.6) is 0 Å². The Kier molecular flexibility index (Phi) is 17.3. The highest BCUT2D eigenvalue weighted by atomic mass is 16.5. The van der Waals surface area contributed by atoms with Crippen molar-refractivity contribution >= 4 is 11.9 Å². The molecule has 4 nitrogen and oxygen atoms in total. The van der Waals surface area contributed by atoms with Gasteiger partial charge in [0.2, 0.25) is 0 Å². The van der Waals surface area contributed by atoms with E-state index in [-0.39, 0.29) is 18.5 Å². The molecule has 0 aromatic heterocycles. The van der Waals surface area contributed by atoms with Crippen LogP contribution in [-0.4, -0.2) is 23.1 Å². The fourth-order valence-corrected chi connectivity index (χ4v) is 3.65. The zero-order chi connectivity index (χ0) is 21.2. The zero-order valence-electron chi connectivity index (χ0n) is 19.0. The summed E-state index contributed by atoms with van der Waals surface area (Å²) in [5, 5.41) is 8.69. The molecule has 0 aliphatic rings. The number of rotatable bonds is 19. The smallest absolute Gasteiger partial charge is 0.306 e. The quantitative estimate of drug-likeness (QED) is 0.185. The van der Waals surface area contributed by atoms with Crippen LogP contribution in [0, 0.1) is 11.8 Å². The highest BCUT2D eigenvalue weighted by molar-refractivity contribution is 5.70. The van der Waals surface area contributed by atoms with Crippen LogP contribution in [0.15, 0.2) is 0 Å². The molecule has 28 heavy (non-hydrogen) atoms. The number of esters is 1. The minimum absolute atomic E-state index is 0.0267. The largest absolute Gasteiger partial charge is 0.481 e. The predicted molar refractivity (Wildman–Crippen MR) is 116 cm³/mol. The zero-order valence-corrected chi connectivity index (χ0v) is 19.0. The average molecular weight is 399 g/mol. The molecule has 1 N–H and O–H groups in total. The molecule has 0 saturated carbocycles. The lowest BCUT2D eigenvalue weighted by Gasteiger charge is -2.23. The van der Waals surface area contributed by atoms with Gasteiger partial charge in [0.25, 0.3) is 0 Å². The Hall–Kier alpha value is -1.06. The Balaban J connectivity index is 4.36. The van der Waals surface area contributed by atoms with Crippen molar-refractivity contribution in [1.29, 1.82) is 0 Å². The van der Waals surface area contributed by atoms with Crippen LogP contribution >= 0.6 is 0 Å². The van der Waals surface area contributed by atoms with Crippen LogP contribution in [0.4, 0.5) is 0 Å². The SMILES string of the molecule is CCCCC(CC)CC(CCCCCCC(C)C)OC(=O)CCCCC(=O)O. The third-order valence-electron chi connectivity index (χ3n) is 5.52. The van der Waals surface area contributed by atoms with Gasteiger partial charge in [-0.2, -0.15) is 0 Å². The van der Waals surface area contributed by atoms with Crippen LogP contribution in [0.25, 0.3) is 0 Å². The highest BCUT2D eigenvalue weighted by Crippen LogP contribution is 2.24. The van der Waals surface area contributed by atoms with Crippen molar-refractivity contribution in [2.75, 3.05) is 0 Å².